The van der Waals surface area contributed by atoms with Crippen LogP contribution in [0.5, 0.6) is 11.5 Å². The molecule has 0 radical (unpaired) electrons. The number of likely N-dealkylation sites (tertiary alicyclic amines) is 1. The fraction of sp³-hybridized carbons (Fsp3) is 0.462. The van der Waals surface area contributed by atoms with Gasteiger partial charge in [-0.1, -0.05) is 12.1 Å². The molecule has 10 nitrogen and oxygen atoms in total. The summed E-state index contributed by atoms with van der Waals surface area (Å²) in [5.41, 5.74) is 0.00910. The molecule has 2 atom stereocenters. The number of phenolic OH excluding ortho intramolecular Hbond substituents is 1. The summed E-state index contributed by atoms with van der Waals surface area (Å²) in [7, 11) is 4.22. The van der Waals surface area contributed by atoms with Gasteiger partial charge in [-0.15, -0.1) is 0 Å². The topological polar surface area (TPSA) is 112 Å². The number of carbonyl (C=O) groups is 3. The highest BCUT2D eigenvalue weighted by atomic mass is 16.5. The molecule has 0 saturated carbocycles. The second kappa shape index (κ2) is 8.77. The number of pyridine rings is 1. The summed E-state index contributed by atoms with van der Waals surface area (Å²) in [6.07, 6.45) is 0.964. The predicted octanol–water partition coefficient (Wildman–Crippen LogP) is 1.26. The third-order valence-corrected chi connectivity index (χ3v) is 7.80. The van der Waals surface area contributed by atoms with Gasteiger partial charge >= 0.3 is 6.03 Å². The Balaban J connectivity index is 1.51. The first kappa shape index (κ1) is 24.1. The van der Waals surface area contributed by atoms with Gasteiger partial charge in [0.05, 0.1) is 7.11 Å². The van der Waals surface area contributed by atoms with Crippen LogP contribution in [0.25, 0.3) is 0 Å². The SMILES string of the molecule is COc1ccc(CC2(CN3C[C@H]4C[C@@H](C3)c3cccc(=O)n3C4)C(=O)N(C)C(=O)N(C)C2=O)cc1O. The van der Waals surface area contributed by atoms with Crippen LogP contribution in [0.1, 0.15) is 23.6 Å². The number of amides is 4. The number of aromatic nitrogens is 1. The molecule has 1 N–H and O–H groups in total. The van der Waals surface area contributed by atoms with E-state index >= 15 is 0 Å². The molecule has 2 saturated heterocycles. The van der Waals surface area contributed by atoms with E-state index in [4.69, 9.17) is 4.74 Å². The number of rotatable bonds is 5. The number of barbiturate groups is 1. The van der Waals surface area contributed by atoms with E-state index in [2.05, 4.69) is 4.90 Å². The van der Waals surface area contributed by atoms with Crippen molar-refractivity contribution in [2.45, 2.75) is 25.3 Å². The Morgan fingerprint density at radius 1 is 1.00 bits per heavy atom. The fourth-order valence-corrected chi connectivity index (χ4v) is 6.18. The van der Waals surface area contributed by atoms with Crippen molar-refractivity contribution in [2.24, 2.45) is 11.3 Å². The van der Waals surface area contributed by atoms with E-state index in [1.807, 2.05) is 10.6 Å². The van der Waals surface area contributed by atoms with Gasteiger partial charge in [0.1, 0.15) is 5.41 Å². The van der Waals surface area contributed by atoms with E-state index < -0.39 is 23.3 Å². The van der Waals surface area contributed by atoms with Gasteiger partial charge in [0.15, 0.2) is 11.5 Å². The normalized spacial score (nSPS) is 23.6. The van der Waals surface area contributed by atoms with E-state index in [1.165, 1.54) is 27.3 Å². The number of ether oxygens (including phenoxy) is 1. The number of urea groups is 1. The lowest BCUT2D eigenvalue weighted by Gasteiger charge is -2.48. The summed E-state index contributed by atoms with van der Waals surface area (Å²) in [6, 6.07) is 9.45. The molecule has 1 aromatic carbocycles. The van der Waals surface area contributed by atoms with E-state index in [9.17, 15) is 24.3 Å². The molecule has 10 heteroatoms. The molecule has 2 bridgehead atoms. The average molecular weight is 495 g/mol. The van der Waals surface area contributed by atoms with Crippen LogP contribution in [0, 0.1) is 11.3 Å². The van der Waals surface area contributed by atoms with Gasteiger partial charge in [-0.05, 0) is 42.5 Å². The predicted molar refractivity (Wildman–Crippen MR) is 130 cm³/mol. The Hall–Kier alpha value is -3.66. The minimum atomic E-state index is -1.54. The number of benzene rings is 1. The van der Waals surface area contributed by atoms with Crippen LogP contribution >= 0.6 is 0 Å². The lowest BCUT2D eigenvalue weighted by molar-refractivity contribution is -0.159. The summed E-state index contributed by atoms with van der Waals surface area (Å²) in [5, 5.41) is 10.3. The minimum Gasteiger partial charge on any atom is -0.504 e. The van der Waals surface area contributed by atoms with Crippen molar-refractivity contribution in [1.29, 1.82) is 0 Å². The van der Waals surface area contributed by atoms with Gasteiger partial charge in [-0.2, -0.15) is 0 Å². The second-order valence-corrected chi connectivity index (χ2v) is 10.2. The van der Waals surface area contributed by atoms with Crippen molar-refractivity contribution in [3.63, 3.8) is 0 Å². The molecular formula is C26H30N4O6. The van der Waals surface area contributed by atoms with E-state index in [1.54, 1.807) is 24.3 Å². The maximum atomic E-state index is 13.7. The van der Waals surface area contributed by atoms with Crippen molar-refractivity contribution in [3.05, 3.63) is 58.0 Å². The number of imide groups is 2. The Morgan fingerprint density at radius 3 is 2.39 bits per heavy atom. The van der Waals surface area contributed by atoms with Gasteiger partial charge in [-0.3, -0.25) is 24.2 Å². The molecule has 3 aliphatic rings. The lowest BCUT2D eigenvalue weighted by Crippen LogP contribution is -2.67. The van der Waals surface area contributed by atoms with Crippen LogP contribution in [0.2, 0.25) is 0 Å². The molecule has 2 aromatic rings. The lowest BCUT2D eigenvalue weighted by atomic mass is 9.75. The molecule has 0 aliphatic carbocycles. The molecule has 0 unspecified atom stereocenters. The quantitative estimate of drug-likeness (QED) is 0.623. The van der Waals surface area contributed by atoms with Crippen LogP contribution in [-0.2, 0) is 22.6 Å². The number of hydrogen-bond donors (Lipinski definition) is 1. The standard InChI is InChI=1S/C26H30N4O6/c1-27-23(33)26(24(34)28(2)25(27)35,11-16-7-8-21(36-3)20(31)10-16)15-29-12-17-9-18(14-29)19-5-4-6-22(32)30(19)13-17/h4-8,10,17-18,31H,9,11-15H2,1-3H3/t17-,18+/m1/s1. The van der Waals surface area contributed by atoms with Crippen LogP contribution in [0.4, 0.5) is 4.79 Å². The smallest absolute Gasteiger partial charge is 0.332 e. The third-order valence-electron chi connectivity index (χ3n) is 7.80. The molecule has 4 heterocycles. The highest BCUT2D eigenvalue weighted by molar-refractivity contribution is 6.19. The zero-order valence-electron chi connectivity index (χ0n) is 20.6. The summed E-state index contributed by atoms with van der Waals surface area (Å²) >= 11 is 0. The van der Waals surface area contributed by atoms with Crippen LogP contribution in [0.15, 0.2) is 41.2 Å². The second-order valence-electron chi connectivity index (χ2n) is 10.2. The molecule has 5 rings (SSSR count). The van der Waals surface area contributed by atoms with E-state index in [-0.39, 0.29) is 41.9 Å². The zero-order valence-corrected chi connectivity index (χ0v) is 20.6. The van der Waals surface area contributed by atoms with Crippen molar-refractivity contribution >= 4 is 17.8 Å². The summed E-state index contributed by atoms with van der Waals surface area (Å²) in [4.78, 5) is 56.5. The molecule has 190 valence electrons. The van der Waals surface area contributed by atoms with Crippen molar-refractivity contribution in [3.8, 4) is 11.5 Å². The summed E-state index contributed by atoms with van der Waals surface area (Å²) in [6.45, 7) is 1.96. The third kappa shape index (κ3) is 3.76. The number of carbonyl (C=O) groups excluding carboxylic acids is 3. The van der Waals surface area contributed by atoms with Gasteiger partial charge in [0, 0.05) is 58.0 Å². The maximum Gasteiger partial charge on any atom is 0.332 e. The van der Waals surface area contributed by atoms with Gasteiger partial charge in [-0.25, -0.2) is 4.79 Å². The fourth-order valence-electron chi connectivity index (χ4n) is 6.18. The molecule has 4 amide bonds. The van der Waals surface area contributed by atoms with Crippen LogP contribution in [-0.4, -0.2) is 83.1 Å². The average Bonchev–Trinajstić information content (AvgIpc) is 2.86. The van der Waals surface area contributed by atoms with E-state index in [0.29, 0.717) is 25.2 Å². The number of hydrogen-bond acceptors (Lipinski definition) is 7. The largest absolute Gasteiger partial charge is 0.504 e. The molecule has 3 aliphatic heterocycles. The maximum absolute atomic E-state index is 13.7. The molecule has 0 spiro atoms. The number of fused-ring (bicyclic) bond motifs is 4. The first-order valence-electron chi connectivity index (χ1n) is 12.0. The zero-order chi connectivity index (χ0) is 25.8. The summed E-state index contributed by atoms with van der Waals surface area (Å²) < 4.78 is 6.97. The first-order valence-corrected chi connectivity index (χ1v) is 12.0. The van der Waals surface area contributed by atoms with Gasteiger partial charge in [0.25, 0.3) is 5.56 Å². The van der Waals surface area contributed by atoms with Gasteiger partial charge in [0.2, 0.25) is 11.8 Å². The van der Waals surface area contributed by atoms with Crippen LogP contribution in [0.3, 0.4) is 0 Å². The molecule has 36 heavy (non-hydrogen) atoms. The van der Waals surface area contributed by atoms with Crippen molar-refractivity contribution in [1.82, 2.24) is 19.3 Å². The van der Waals surface area contributed by atoms with Gasteiger partial charge < -0.3 is 19.3 Å². The summed E-state index contributed by atoms with van der Waals surface area (Å²) in [5.74, 6) is -0.593. The molecular weight excluding hydrogens is 464 g/mol. The Morgan fingerprint density at radius 2 is 1.72 bits per heavy atom. The molecule has 1 aromatic heterocycles. The Labute approximate surface area is 208 Å². The number of phenols is 1. The Bertz CT molecular complexity index is 1280. The monoisotopic (exact) mass is 494 g/mol. The number of nitrogens with zero attached hydrogens (tertiary/aromatic N) is 4. The Kier molecular flexibility index (Phi) is 5.86. The highest BCUT2D eigenvalue weighted by Gasteiger charge is 2.56. The minimum absolute atomic E-state index is 0.00849. The number of piperidine rings is 1. The highest BCUT2D eigenvalue weighted by Crippen LogP contribution is 2.40. The van der Waals surface area contributed by atoms with Crippen LogP contribution < -0.4 is 10.3 Å². The molecule has 2 fully saturated rings. The number of aromatic hydroxyl groups is 1. The van der Waals surface area contributed by atoms with E-state index in [0.717, 1.165) is 21.9 Å². The first-order chi connectivity index (χ1) is 17.1. The van der Waals surface area contributed by atoms with Crippen molar-refractivity contribution < 1.29 is 24.2 Å². The number of methoxy groups -OCH3 is 1. The van der Waals surface area contributed by atoms with Crippen molar-refractivity contribution in [2.75, 3.05) is 40.8 Å².